The molecular formula is C22H25ClN2O3+2. The quantitative estimate of drug-likeness (QED) is 0.626. The van der Waals surface area contributed by atoms with Crippen molar-refractivity contribution < 1.29 is 19.0 Å². The maximum atomic E-state index is 12.4. The zero-order valence-corrected chi connectivity index (χ0v) is 16.7. The van der Waals surface area contributed by atoms with Gasteiger partial charge in [0.2, 0.25) is 0 Å². The van der Waals surface area contributed by atoms with Gasteiger partial charge in [0, 0.05) is 16.5 Å². The molecule has 2 aromatic carbocycles. The molecule has 1 fully saturated rings. The SMILES string of the molecule is C[NH+]1CC[NH+](CCOc2ccc3cc(-c4ccc(Cl)cc4)c(=O)oc3c2)CC1. The minimum atomic E-state index is -0.364. The first-order valence-electron chi connectivity index (χ1n) is 9.70. The summed E-state index contributed by atoms with van der Waals surface area (Å²) in [5.41, 5.74) is 1.49. The van der Waals surface area contributed by atoms with Gasteiger partial charge in [0.15, 0.2) is 0 Å². The summed E-state index contributed by atoms with van der Waals surface area (Å²) in [6.07, 6.45) is 0. The van der Waals surface area contributed by atoms with Crippen molar-refractivity contribution >= 4 is 22.6 Å². The highest BCUT2D eigenvalue weighted by atomic mass is 35.5. The lowest BCUT2D eigenvalue weighted by molar-refractivity contribution is -1.00. The molecule has 146 valence electrons. The Bertz CT molecular complexity index is 1010. The number of rotatable bonds is 5. The van der Waals surface area contributed by atoms with Crippen molar-refractivity contribution in [3.8, 4) is 16.9 Å². The fourth-order valence-electron chi connectivity index (χ4n) is 3.61. The number of nitrogens with one attached hydrogen (secondary N) is 2. The number of ether oxygens (including phenoxy) is 1. The molecule has 1 aliphatic rings. The second kappa shape index (κ2) is 8.35. The molecule has 3 aromatic rings. The number of likely N-dealkylation sites (N-methyl/N-ethyl adjacent to an activating group) is 1. The summed E-state index contributed by atoms with van der Waals surface area (Å²) in [6, 6.07) is 14.7. The van der Waals surface area contributed by atoms with Crippen molar-refractivity contribution in [2.45, 2.75) is 0 Å². The first kappa shape index (κ1) is 19.0. The van der Waals surface area contributed by atoms with Gasteiger partial charge < -0.3 is 19.0 Å². The van der Waals surface area contributed by atoms with E-state index in [0.717, 1.165) is 23.2 Å². The van der Waals surface area contributed by atoms with Crippen LogP contribution < -0.4 is 20.2 Å². The number of fused-ring (bicyclic) bond motifs is 1. The minimum Gasteiger partial charge on any atom is -0.488 e. The van der Waals surface area contributed by atoms with Crippen LogP contribution in [-0.4, -0.2) is 46.4 Å². The maximum Gasteiger partial charge on any atom is 0.344 e. The summed E-state index contributed by atoms with van der Waals surface area (Å²) < 4.78 is 11.5. The molecule has 1 saturated heterocycles. The molecule has 0 spiro atoms. The van der Waals surface area contributed by atoms with Crippen molar-refractivity contribution in [1.82, 2.24) is 0 Å². The highest BCUT2D eigenvalue weighted by Crippen LogP contribution is 2.25. The van der Waals surface area contributed by atoms with E-state index in [1.54, 1.807) is 28.0 Å². The Hall–Kier alpha value is -2.34. The third-order valence-corrected chi connectivity index (χ3v) is 5.65. The van der Waals surface area contributed by atoms with E-state index >= 15 is 0 Å². The number of hydrogen-bond acceptors (Lipinski definition) is 3. The molecule has 1 aromatic heterocycles. The molecule has 0 aliphatic carbocycles. The molecule has 4 rings (SSSR count). The van der Waals surface area contributed by atoms with E-state index < -0.39 is 0 Å². The van der Waals surface area contributed by atoms with E-state index in [4.69, 9.17) is 20.8 Å². The Morgan fingerprint density at radius 2 is 1.79 bits per heavy atom. The monoisotopic (exact) mass is 400 g/mol. The fraction of sp³-hybridized carbons (Fsp3) is 0.318. The second-order valence-corrected chi connectivity index (χ2v) is 7.90. The highest BCUT2D eigenvalue weighted by molar-refractivity contribution is 6.30. The average molecular weight is 401 g/mol. The van der Waals surface area contributed by atoms with E-state index in [2.05, 4.69) is 7.05 Å². The second-order valence-electron chi connectivity index (χ2n) is 7.46. The number of halogens is 1. The van der Waals surface area contributed by atoms with Crippen LogP contribution in [0.3, 0.4) is 0 Å². The van der Waals surface area contributed by atoms with Crippen LogP contribution in [0.15, 0.2) is 57.7 Å². The Morgan fingerprint density at radius 1 is 1.04 bits per heavy atom. The molecule has 0 radical (unpaired) electrons. The first-order valence-corrected chi connectivity index (χ1v) is 10.1. The van der Waals surface area contributed by atoms with Gasteiger partial charge in [-0.05, 0) is 35.9 Å². The van der Waals surface area contributed by atoms with Gasteiger partial charge >= 0.3 is 5.63 Å². The van der Waals surface area contributed by atoms with Crippen molar-refractivity contribution in [2.75, 3.05) is 46.4 Å². The zero-order valence-electron chi connectivity index (χ0n) is 16.0. The van der Waals surface area contributed by atoms with E-state index in [0.29, 0.717) is 22.8 Å². The topological polar surface area (TPSA) is 48.3 Å². The average Bonchev–Trinajstić information content (AvgIpc) is 2.70. The van der Waals surface area contributed by atoms with E-state index in [1.807, 2.05) is 30.3 Å². The molecule has 1 aliphatic heterocycles. The van der Waals surface area contributed by atoms with Crippen LogP contribution in [0.2, 0.25) is 5.02 Å². The van der Waals surface area contributed by atoms with Gasteiger partial charge in [0.25, 0.3) is 0 Å². The highest BCUT2D eigenvalue weighted by Gasteiger charge is 2.19. The van der Waals surface area contributed by atoms with Gasteiger partial charge in [-0.1, -0.05) is 23.7 Å². The van der Waals surface area contributed by atoms with Crippen molar-refractivity contribution in [3.63, 3.8) is 0 Å². The fourth-order valence-corrected chi connectivity index (χ4v) is 3.73. The van der Waals surface area contributed by atoms with Crippen LogP contribution in [0.25, 0.3) is 22.1 Å². The number of quaternary nitrogens is 2. The molecule has 2 heterocycles. The third-order valence-electron chi connectivity index (χ3n) is 5.40. The van der Waals surface area contributed by atoms with Crippen LogP contribution in [-0.2, 0) is 0 Å². The van der Waals surface area contributed by atoms with Crippen molar-refractivity contribution in [3.05, 3.63) is 64.0 Å². The lowest BCUT2D eigenvalue weighted by Crippen LogP contribution is -3.27. The van der Waals surface area contributed by atoms with Crippen LogP contribution >= 0.6 is 11.6 Å². The summed E-state index contributed by atoms with van der Waals surface area (Å²) in [5.74, 6) is 0.731. The predicted molar refractivity (Wildman–Crippen MR) is 111 cm³/mol. The van der Waals surface area contributed by atoms with Crippen LogP contribution in [0.5, 0.6) is 5.75 Å². The van der Waals surface area contributed by atoms with Gasteiger partial charge in [-0.2, -0.15) is 0 Å². The lowest BCUT2D eigenvalue weighted by atomic mass is 10.1. The smallest absolute Gasteiger partial charge is 0.344 e. The van der Waals surface area contributed by atoms with Gasteiger partial charge in [0.05, 0.1) is 12.6 Å². The van der Waals surface area contributed by atoms with Crippen LogP contribution in [0.1, 0.15) is 0 Å². The Morgan fingerprint density at radius 3 is 2.54 bits per heavy atom. The third kappa shape index (κ3) is 4.38. The summed E-state index contributed by atoms with van der Waals surface area (Å²) in [7, 11) is 2.24. The molecule has 0 unspecified atom stereocenters. The zero-order chi connectivity index (χ0) is 19.5. The van der Waals surface area contributed by atoms with Crippen molar-refractivity contribution in [1.29, 1.82) is 0 Å². The Balaban J connectivity index is 1.46. The maximum absolute atomic E-state index is 12.4. The van der Waals surface area contributed by atoms with Crippen LogP contribution in [0, 0.1) is 0 Å². The molecule has 0 bridgehead atoms. The molecule has 0 amide bonds. The van der Waals surface area contributed by atoms with Crippen LogP contribution in [0.4, 0.5) is 0 Å². The number of hydrogen-bond donors (Lipinski definition) is 2. The number of piperazine rings is 1. The van der Waals surface area contributed by atoms with Crippen molar-refractivity contribution in [2.24, 2.45) is 0 Å². The van der Waals surface area contributed by atoms with E-state index in [9.17, 15) is 4.79 Å². The van der Waals surface area contributed by atoms with Gasteiger partial charge in [-0.25, -0.2) is 4.79 Å². The molecule has 6 heteroatoms. The normalized spacial score (nSPS) is 19.6. The summed E-state index contributed by atoms with van der Waals surface area (Å²) >= 11 is 5.93. The Kier molecular flexibility index (Phi) is 5.67. The predicted octanol–water partition coefficient (Wildman–Crippen LogP) is 0.905. The molecule has 0 saturated carbocycles. The van der Waals surface area contributed by atoms with Gasteiger partial charge in [-0.15, -0.1) is 0 Å². The molecule has 0 atom stereocenters. The Labute approximate surface area is 169 Å². The minimum absolute atomic E-state index is 0.364. The van der Waals surface area contributed by atoms with E-state index in [1.165, 1.54) is 26.2 Å². The molecular weight excluding hydrogens is 376 g/mol. The largest absolute Gasteiger partial charge is 0.488 e. The molecule has 28 heavy (non-hydrogen) atoms. The molecule has 5 nitrogen and oxygen atoms in total. The molecule has 2 N–H and O–H groups in total. The standard InChI is InChI=1S/C22H23ClN2O3/c1-24-8-10-25(11-9-24)12-13-27-19-7-4-17-14-20(22(26)28-21(17)15-19)16-2-5-18(23)6-3-16/h2-7,14-15H,8-13H2,1H3/p+2. The van der Waals surface area contributed by atoms with Gasteiger partial charge in [-0.3, -0.25) is 0 Å². The van der Waals surface area contributed by atoms with Gasteiger partial charge in [0.1, 0.15) is 50.7 Å². The van der Waals surface area contributed by atoms with E-state index in [-0.39, 0.29) is 5.63 Å². The summed E-state index contributed by atoms with van der Waals surface area (Å²) in [6.45, 7) is 6.46. The number of benzene rings is 2. The lowest BCUT2D eigenvalue weighted by Gasteiger charge is -2.27. The summed E-state index contributed by atoms with van der Waals surface area (Å²) in [5, 5.41) is 1.50. The summed E-state index contributed by atoms with van der Waals surface area (Å²) in [4.78, 5) is 15.6. The first-order chi connectivity index (χ1) is 13.6.